The number of benzene rings is 3. The van der Waals surface area contributed by atoms with Crippen molar-refractivity contribution < 1.29 is 0 Å². The molecule has 0 bridgehead atoms. The van der Waals surface area contributed by atoms with Crippen LogP contribution in [-0.4, -0.2) is 61.7 Å². The number of piperazine rings is 1. The Morgan fingerprint density at radius 1 is 0.656 bits per heavy atom. The summed E-state index contributed by atoms with van der Waals surface area (Å²) < 4.78 is 0. The standard InChI is InChI=1S/C29H35N3/c1-4-11-25(12-5-1)29(26-13-6-2-7-14-26)24-30-18-10-17-28(23-30)32-21-19-31(20-22-32)27-15-8-3-9-16-27/h1-9,11-16,28-29H,10,17-24H2. The van der Waals surface area contributed by atoms with Gasteiger partial charge in [-0.25, -0.2) is 0 Å². The monoisotopic (exact) mass is 425 g/mol. The highest BCUT2D eigenvalue weighted by atomic mass is 15.3. The second kappa shape index (κ2) is 10.3. The van der Waals surface area contributed by atoms with Crippen molar-refractivity contribution in [1.29, 1.82) is 0 Å². The molecule has 2 aliphatic heterocycles. The highest BCUT2D eigenvalue weighted by Gasteiger charge is 2.29. The molecule has 2 aliphatic rings. The molecule has 2 heterocycles. The maximum atomic E-state index is 2.76. The van der Waals surface area contributed by atoms with Crippen LogP contribution in [0.1, 0.15) is 29.9 Å². The fourth-order valence-electron chi connectivity index (χ4n) is 5.51. The van der Waals surface area contributed by atoms with Crippen molar-refractivity contribution in [3.8, 4) is 0 Å². The molecule has 3 nitrogen and oxygen atoms in total. The maximum absolute atomic E-state index is 2.76. The lowest BCUT2D eigenvalue weighted by Crippen LogP contribution is -2.55. The molecular formula is C29H35N3. The molecule has 1 unspecified atom stereocenters. The van der Waals surface area contributed by atoms with Gasteiger partial charge in [0.2, 0.25) is 0 Å². The Morgan fingerprint density at radius 3 is 1.81 bits per heavy atom. The molecule has 0 radical (unpaired) electrons. The molecule has 3 aromatic rings. The normalized spacial score (nSPS) is 20.5. The van der Waals surface area contributed by atoms with E-state index in [0.29, 0.717) is 12.0 Å². The predicted molar refractivity (Wildman–Crippen MR) is 134 cm³/mol. The Hall–Kier alpha value is -2.62. The van der Waals surface area contributed by atoms with Crippen molar-refractivity contribution >= 4 is 5.69 Å². The van der Waals surface area contributed by atoms with Crippen molar-refractivity contribution in [2.24, 2.45) is 0 Å². The summed E-state index contributed by atoms with van der Waals surface area (Å²) in [7, 11) is 0. The number of anilines is 1. The third-order valence-corrected chi connectivity index (χ3v) is 7.28. The van der Waals surface area contributed by atoms with Gasteiger partial charge in [-0.15, -0.1) is 0 Å². The molecule has 0 aliphatic carbocycles. The number of rotatable bonds is 6. The van der Waals surface area contributed by atoms with E-state index in [4.69, 9.17) is 0 Å². The van der Waals surface area contributed by atoms with E-state index >= 15 is 0 Å². The molecule has 1 atom stereocenters. The molecule has 32 heavy (non-hydrogen) atoms. The van der Waals surface area contributed by atoms with Gasteiger partial charge in [-0.1, -0.05) is 78.9 Å². The van der Waals surface area contributed by atoms with E-state index < -0.39 is 0 Å². The number of hydrogen-bond acceptors (Lipinski definition) is 3. The molecule has 166 valence electrons. The van der Waals surface area contributed by atoms with E-state index in [1.165, 1.54) is 55.8 Å². The summed E-state index contributed by atoms with van der Waals surface area (Å²) in [4.78, 5) is 8.02. The lowest BCUT2D eigenvalue weighted by atomic mass is 9.90. The SMILES string of the molecule is c1ccc(C(CN2CCCC(N3CCN(c4ccccc4)CC3)C2)c2ccccc2)cc1. The third kappa shape index (κ3) is 5.06. The molecular weight excluding hydrogens is 390 g/mol. The number of piperidine rings is 1. The Kier molecular flexibility index (Phi) is 6.86. The Labute approximate surface area is 193 Å². The third-order valence-electron chi connectivity index (χ3n) is 7.28. The zero-order valence-electron chi connectivity index (χ0n) is 19.0. The first kappa shape index (κ1) is 21.2. The second-order valence-corrected chi connectivity index (χ2v) is 9.29. The van der Waals surface area contributed by atoms with Crippen molar-refractivity contribution in [1.82, 2.24) is 9.80 Å². The van der Waals surface area contributed by atoms with Gasteiger partial charge in [-0.05, 0) is 42.6 Å². The Balaban J connectivity index is 1.23. The minimum atomic E-state index is 0.436. The van der Waals surface area contributed by atoms with E-state index in [2.05, 4.69) is 106 Å². The van der Waals surface area contributed by atoms with Crippen LogP contribution in [-0.2, 0) is 0 Å². The van der Waals surface area contributed by atoms with Crippen LogP contribution in [0.3, 0.4) is 0 Å². The van der Waals surface area contributed by atoms with Crippen LogP contribution in [0, 0.1) is 0 Å². The molecule has 0 aromatic heterocycles. The van der Waals surface area contributed by atoms with Crippen LogP contribution < -0.4 is 4.90 Å². The number of likely N-dealkylation sites (tertiary alicyclic amines) is 1. The summed E-state index contributed by atoms with van der Waals surface area (Å²) in [6.45, 7) is 8.14. The van der Waals surface area contributed by atoms with Crippen molar-refractivity contribution in [3.05, 3.63) is 102 Å². The van der Waals surface area contributed by atoms with Crippen LogP contribution in [0.2, 0.25) is 0 Å². The Morgan fingerprint density at radius 2 is 1.22 bits per heavy atom. The molecule has 2 fully saturated rings. The van der Waals surface area contributed by atoms with E-state index in [-0.39, 0.29) is 0 Å². The van der Waals surface area contributed by atoms with Crippen LogP contribution in [0.4, 0.5) is 5.69 Å². The second-order valence-electron chi connectivity index (χ2n) is 9.29. The van der Waals surface area contributed by atoms with Gasteiger partial charge in [0.1, 0.15) is 0 Å². The lowest BCUT2D eigenvalue weighted by molar-refractivity contribution is 0.0909. The fraction of sp³-hybridized carbons (Fsp3) is 0.379. The van der Waals surface area contributed by atoms with E-state index in [9.17, 15) is 0 Å². The van der Waals surface area contributed by atoms with E-state index in [1.54, 1.807) is 0 Å². The van der Waals surface area contributed by atoms with E-state index in [0.717, 1.165) is 19.6 Å². The van der Waals surface area contributed by atoms with Gasteiger partial charge < -0.3 is 9.80 Å². The largest absolute Gasteiger partial charge is 0.369 e. The highest BCUT2D eigenvalue weighted by Crippen LogP contribution is 2.28. The van der Waals surface area contributed by atoms with Gasteiger partial charge >= 0.3 is 0 Å². The smallest absolute Gasteiger partial charge is 0.0367 e. The maximum Gasteiger partial charge on any atom is 0.0367 e. The first-order valence-corrected chi connectivity index (χ1v) is 12.2. The number of nitrogens with zero attached hydrogens (tertiary/aromatic N) is 3. The Bertz CT molecular complexity index is 896. The highest BCUT2D eigenvalue weighted by molar-refractivity contribution is 5.46. The zero-order chi connectivity index (χ0) is 21.6. The minimum absolute atomic E-state index is 0.436. The number of para-hydroxylation sites is 1. The average Bonchev–Trinajstić information content (AvgIpc) is 2.89. The van der Waals surface area contributed by atoms with Crippen LogP contribution in [0.5, 0.6) is 0 Å². The van der Waals surface area contributed by atoms with Gasteiger partial charge in [0.25, 0.3) is 0 Å². The first-order valence-electron chi connectivity index (χ1n) is 12.2. The van der Waals surface area contributed by atoms with Crippen LogP contribution in [0.25, 0.3) is 0 Å². The van der Waals surface area contributed by atoms with Gasteiger partial charge in [0.05, 0.1) is 0 Å². The summed E-state index contributed by atoms with van der Waals surface area (Å²) in [5, 5.41) is 0. The molecule has 5 rings (SSSR count). The van der Waals surface area contributed by atoms with Gasteiger partial charge in [-0.3, -0.25) is 4.90 Å². The minimum Gasteiger partial charge on any atom is -0.369 e. The van der Waals surface area contributed by atoms with Crippen molar-refractivity contribution in [3.63, 3.8) is 0 Å². The molecule has 3 heteroatoms. The average molecular weight is 426 g/mol. The summed E-state index contributed by atoms with van der Waals surface area (Å²) >= 11 is 0. The van der Waals surface area contributed by atoms with Gasteiger partial charge in [0.15, 0.2) is 0 Å². The summed E-state index contributed by atoms with van der Waals surface area (Å²) in [5.74, 6) is 0.436. The molecule has 0 saturated carbocycles. The zero-order valence-corrected chi connectivity index (χ0v) is 19.0. The van der Waals surface area contributed by atoms with Crippen molar-refractivity contribution in [2.75, 3.05) is 50.7 Å². The number of hydrogen-bond donors (Lipinski definition) is 0. The molecule has 2 saturated heterocycles. The topological polar surface area (TPSA) is 9.72 Å². The van der Waals surface area contributed by atoms with Crippen LogP contribution in [0.15, 0.2) is 91.0 Å². The molecule has 3 aromatic carbocycles. The molecule has 0 N–H and O–H groups in total. The van der Waals surface area contributed by atoms with Gasteiger partial charge in [-0.2, -0.15) is 0 Å². The fourth-order valence-corrected chi connectivity index (χ4v) is 5.51. The summed E-state index contributed by atoms with van der Waals surface area (Å²) in [6.07, 6.45) is 2.64. The summed E-state index contributed by atoms with van der Waals surface area (Å²) in [6, 6.07) is 33.7. The van der Waals surface area contributed by atoms with Crippen LogP contribution >= 0.6 is 0 Å². The lowest BCUT2D eigenvalue weighted by Gasteiger charge is -2.44. The predicted octanol–water partition coefficient (Wildman–Crippen LogP) is 5.11. The van der Waals surface area contributed by atoms with E-state index in [1.807, 2.05) is 0 Å². The summed E-state index contributed by atoms with van der Waals surface area (Å²) in [5.41, 5.74) is 4.22. The quantitative estimate of drug-likeness (QED) is 0.544. The molecule has 0 spiro atoms. The first-order chi connectivity index (χ1) is 15.9. The van der Waals surface area contributed by atoms with Gasteiger partial charge in [0, 0.05) is 56.9 Å². The molecule has 0 amide bonds. The van der Waals surface area contributed by atoms with Crippen molar-refractivity contribution in [2.45, 2.75) is 24.8 Å².